The predicted octanol–water partition coefficient (Wildman–Crippen LogP) is 3.96. The maximum Gasteiger partial charge on any atom is 0.312 e. The molecule has 0 fully saturated rings. The Morgan fingerprint density at radius 2 is 1.88 bits per heavy atom. The molecule has 3 heterocycles. The Morgan fingerprint density at radius 1 is 1.12 bits per heavy atom. The molecule has 1 aliphatic rings. The zero-order chi connectivity index (χ0) is 23.3. The molecule has 0 spiro atoms. The van der Waals surface area contributed by atoms with Gasteiger partial charge in [-0.1, -0.05) is 12.1 Å². The quantitative estimate of drug-likeness (QED) is 0.346. The van der Waals surface area contributed by atoms with Crippen molar-refractivity contribution in [3.63, 3.8) is 0 Å². The van der Waals surface area contributed by atoms with Gasteiger partial charge in [0.2, 0.25) is 5.43 Å². The molecule has 0 amide bonds. The van der Waals surface area contributed by atoms with Gasteiger partial charge in [-0.25, -0.2) is 0 Å². The lowest BCUT2D eigenvalue weighted by atomic mass is 9.85. The summed E-state index contributed by atoms with van der Waals surface area (Å²) in [6.07, 6.45) is 3.29. The minimum absolute atomic E-state index is 0.116. The SMILES string of the molecule is COc1ccc(-c2coc3c4c(cc(OC)c3c2=O)OC(=O)C[C@H]4c2cnn(C)c2C)cc1. The third-order valence-corrected chi connectivity index (χ3v) is 6.22. The molecule has 0 bridgehead atoms. The highest BCUT2D eigenvalue weighted by molar-refractivity contribution is 5.94. The summed E-state index contributed by atoms with van der Waals surface area (Å²) in [7, 11) is 4.89. The second kappa shape index (κ2) is 7.81. The molecule has 0 radical (unpaired) electrons. The van der Waals surface area contributed by atoms with Gasteiger partial charge in [0, 0.05) is 35.9 Å². The molecule has 5 rings (SSSR count). The minimum atomic E-state index is -0.366. The number of carbonyl (C=O) groups is 1. The summed E-state index contributed by atoms with van der Waals surface area (Å²) in [5.74, 6) is 0.563. The average Bonchev–Trinajstić information content (AvgIpc) is 3.16. The van der Waals surface area contributed by atoms with Gasteiger partial charge in [-0.05, 0) is 24.6 Å². The van der Waals surface area contributed by atoms with E-state index in [1.165, 1.54) is 13.4 Å². The third-order valence-electron chi connectivity index (χ3n) is 6.22. The first kappa shape index (κ1) is 20.8. The largest absolute Gasteiger partial charge is 0.497 e. The number of aryl methyl sites for hydroxylation is 1. The van der Waals surface area contributed by atoms with Gasteiger partial charge in [-0.15, -0.1) is 0 Å². The molecule has 8 heteroatoms. The maximum absolute atomic E-state index is 13.6. The molecule has 4 aromatic rings. The van der Waals surface area contributed by atoms with E-state index in [4.69, 9.17) is 18.6 Å². The number of nitrogens with zero attached hydrogens (tertiary/aromatic N) is 2. The monoisotopic (exact) mass is 446 g/mol. The van der Waals surface area contributed by atoms with Crippen molar-refractivity contribution >= 4 is 16.9 Å². The number of rotatable bonds is 4. The first-order valence-electron chi connectivity index (χ1n) is 10.4. The Bertz CT molecular complexity index is 1450. The fraction of sp³-hybridized carbons (Fsp3) is 0.240. The van der Waals surface area contributed by atoms with Crippen LogP contribution in [0.15, 0.2) is 52.0 Å². The molecule has 2 aromatic carbocycles. The fourth-order valence-corrected chi connectivity index (χ4v) is 4.37. The zero-order valence-electron chi connectivity index (χ0n) is 18.7. The van der Waals surface area contributed by atoms with Crippen molar-refractivity contribution in [1.29, 1.82) is 0 Å². The number of hydrogen-bond acceptors (Lipinski definition) is 7. The van der Waals surface area contributed by atoms with Crippen LogP contribution in [0.25, 0.3) is 22.1 Å². The molecule has 33 heavy (non-hydrogen) atoms. The Balaban J connectivity index is 1.78. The number of esters is 1. The van der Waals surface area contributed by atoms with E-state index in [0.29, 0.717) is 39.2 Å². The normalized spacial score (nSPS) is 15.3. The van der Waals surface area contributed by atoms with Gasteiger partial charge in [-0.2, -0.15) is 5.10 Å². The predicted molar refractivity (Wildman–Crippen MR) is 121 cm³/mol. The lowest BCUT2D eigenvalue weighted by molar-refractivity contribution is -0.135. The first-order valence-corrected chi connectivity index (χ1v) is 10.4. The number of methoxy groups -OCH3 is 2. The Kier molecular flexibility index (Phi) is 4.92. The Labute approximate surface area is 189 Å². The molecule has 0 saturated carbocycles. The van der Waals surface area contributed by atoms with Crippen LogP contribution in [-0.2, 0) is 11.8 Å². The lowest BCUT2D eigenvalue weighted by Gasteiger charge is -2.26. The average molecular weight is 446 g/mol. The van der Waals surface area contributed by atoms with Crippen molar-refractivity contribution in [3.05, 3.63) is 69.8 Å². The molecule has 0 aliphatic carbocycles. The van der Waals surface area contributed by atoms with Crippen molar-refractivity contribution in [3.8, 4) is 28.4 Å². The second-order valence-electron chi connectivity index (χ2n) is 7.94. The van der Waals surface area contributed by atoms with Crippen molar-refractivity contribution < 1.29 is 23.4 Å². The molecule has 0 saturated heterocycles. The summed E-state index contributed by atoms with van der Waals surface area (Å²) < 4.78 is 24.1. The molecular weight excluding hydrogens is 424 g/mol. The number of aromatic nitrogens is 2. The molecule has 0 N–H and O–H groups in total. The number of ether oxygens (including phenoxy) is 3. The molecular formula is C25H22N2O6. The van der Waals surface area contributed by atoms with E-state index >= 15 is 0 Å². The fourth-order valence-electron chi connectivity index (χ4n) is 4.37. The summed E-state index contributed by atoms with van der Waals surface area (Å²) in [6, 6.07) is 8.74. The van der Waals surface area contributed by atoms with Crippen LogP contribution in [-0.4, -0.2) is 30.0 Å². The zero-order valence-corrected chi connectivity index (χ0v) is 18.7. The van der Waals surface area contributed by atoms with Gasteiger partial charge in [0.25, 0.3) is 0 Å². The summed E-state index contributed by atoms with van der Waals surface area (Å²) in [5, 5.41) is 4.63. The van der Waals surface area contributed by atoms with Crippen LogP contribution in [0.3, 0.4) is 0 Å². The summed E-state index contributed by atoms with van der Waals surface area (Å²) in [6.45, 7) is 1.94. The number of benzene rings is 2. The van der Waals surface area contributed by atoms with E-state index in [0.717, 1.165) is 11.3 Å². The van der Waals surface area contributed by atoms with Gasteiger partial charge in [0.1, 0.15) is 34.5 Å². The van der Waals surface area contributed by atoms with Gasteiger partial charge in [-0.3, -0.25) is 14.3 Å². The molecule has 0 unspecified atom stereocenters. The van der Waals surface area contributed by atoms with Crippen LogP contribution in [0.5, 0.6) is 17.2 Å². The van der Waals surface area contributed by atoms with E-state index in [2.05, 4.69) is 5.10 Å². The molecule has 8 nitrogen and oxygen atoms in total. The number of fused-ring (bicyclic) bond motifs is 3. The minimum Gasteiger partial charge on any atom is -0.497 e. The van der Waals surface area contributed by atoms with Crippen molar-refractivity contribution in [1.82, 2.24) is 9.78 Å². The molecule has 2 aromatic heterocycles. The van der Waals surface area contributed by atoms with Gasteiger partial charge in [0.05, 0.1) is 32.4 Å². The molecule has 168 valence electrons. The van der Waals surface area contributed by atoms with E-state index in [1.54, 1.807) is 48.3 Å². The highest BCUT2D eigenvalue weighted by Crippen LogP contribution is 2.46. The maximum atomic E-state index is 13.6. The summed E-state index contributed by atoms with van der Waals surface area (Å²) in [4.78, 5) is 26.1. The van der Waals surface area contributed by atoms with Crippen LogP contribution >= 0.6 is 0 Å². The summed E-state index contributed by atoms with van der Waals surface area (Å²) in [5.41, 5.74) is 3.63. The standard InChI is InChI=1S/C25H22N2O6/c1-13-17(11-26-27(13)2)16-9-21(28)33-20-10-19(31-4)23-24(29)18(12-32-25(23)22(16)20)14-5-7-15(30-3)8-6-14/h5-8,10-12,16H,9H2,1-4H3/t16-/m0/s1. The molecule has 1 aliphatic heterocycles. The highest BCUT2D eigenvalue weighted by atomic mass is 16.5. The van der Waals surface area contributed by atoms with Crippen molar-refractivity contribution in [2.75, 3.05) is 14.2 Å². The van der Waals surface area contributed by atoms with Crippen LogP contribution in [0, 0.1) is 6.92 Å². The number of carbonyl (C=O) groups excluding carboxylic acids is 1. The summed E-state index contributed by atoms with van der Waals surface area (Å²) >= 11 is 0. The van der Waals surface area contributed by atoms with E-state index in [-0.39, 0.29) is 29.5 Å². The third kappa shape index (κ3) is 3.26. The molecule has 1 atom stereocenters. The van der Waals surface area contributed by atoms with Crippen LogP contribution in [0.4, 0.5) is 0 Å². The van der Waals surface area contributed by atoms with Gasteiger partial charge >= 0.3 is 5.97 Å². The van der Waals surface area contributed by atoms with Crippen LogP contribution in [0.1, 0.15) is 29.2 Å². The lowest BCUT2D eigenvalue weighted by Crippen LogP contribution is -2.22. The number of hydrogen-bond donors (Lipinski definition) is 0. The Morgan fingerprint density at radius 3 is 2.52 bits per heavy atom. The van der Waals surface area contributed by atoms with Gasteiger partial charge < -0.3 is 18.6 Å². The Hall–Kier alpha value is -4.07. The second-order valence-corrected chi connectivity index (χ2v) is 7.94. The van der Waals surface area contributed by atoms with E-state index < -0.39 is 0 Å². The first-order chi connectivity index (χ1) is 15.9. The van der Waals surface area contributed by atoms with Crippen LogP contribution in [0.2, 0.25) is 0 Å². The van der Waals surface area contributed by atoms with Crippen molar-refractivity contribution in [2.45, 2.75) is 19.3 Å². The van der Waals surface area contributed by atoms with Crippen molar-refractivity contribution in [2.24, 2.45) is 7.05 Å². The van der Waals surface area contributed by atoms with E-state index in [9.17, 15) is 9.59 Å². The smallest absolute Gasteiger partial charge is 0.312 e. The van der Waals surface area contributed by atoms with Crippen LogP contribution < -0.4 is 19.6 Å². The highest BCUT2D eigenvalue weighted by Gasteiger charge is 2.35. The topological polar surface area (TPSA) is 92.8 Å². The van der Waals surface area contributed by atoms with E-state index in [1.807, 2.05) is 14.0 Å². The van der Waals surface area contributed by atoms with Gasteiger partial charge in [0.15, 0.2) is 0 Å².